The lowest BCUT2D eigenvalue weighted by Crippen LogP contribution is -2.43. The third-order valence-electron chi connectivity index (χ3n) is 6.00. The molecule has 0 unspecified atom stereocenters. The van der Waals surface area contributed by atoms with Crippen LogP contribution in [0.1, 0.15) is 22.4 Å². The predicted molar refractivity (Wildman–Crippen MR) is 122 cm³/mol. The first-order valence-corrected chi connectivity index (χ1v) is 10.4. The van der Waals surface area contributed by atoms with Crippen molar-refractivity contribution in [2.45, 2.75) is 19.4 Å². The summed E-state index contributed by atoms with van der Waals surface area (Å²) < 4.78 is 5.86. The second-order valence-electron chi connectivity index (χ2n) is 8.02. The summed E-state index contributed by atoms with van der Waals surface area (Å²) in [6.45, 7) is 4.59. The van der Waals surface area contributed by atoms with Crippen LogP contribution in [0.5, 0.6) is 5.75 Å². The molecule has 0 aliphatic carbocycles. The lowest BCUT2D eigenvalue weighted by molar-refractivity contribution is -0.132. The van der Waals surface area contributed by atoms with Crippen molar-refractivity contribution >= 4 is 22.5 Å². The van der Waals surface area contributed by atoms with E-state index < -0.39 is 5.60 Å². The number of nitrogens with one attached hydrogen (secondary N) is 1. The van der Waals surface area contributed by atoms with Gasteiger partial charge in [0.2, 0.25) is 0 Å². The number of aromatic nitrogens is 1. The molecule has 2 N–H and O–H groups in total. The van der Waals surface area contributed by atoms with Gasteiger partial charge in [-0.05, 0) is 38.1 Å². The van der Waals surface area contributed by atoms with E-state index in [2.05, 4.69) is 4.98 Å². The number of amides is 1. The monoisotopic (exact) mass is 412 g/mol. The van der Waals surface area contributed by atoms with Gasteiger partial charge in [-0.2, -0.15) is 0 Å². The Bertz CT molecular complexity index is 1280. The fourth-order valence-electron chi connectivity index (χ4n) is 4.53. The van der Waals surface area contributed by atoms with Crippen LogP contribution in [-0.2, 0) is 10.4 Å². The molecule has 1 amide bonds. The third kappa shape index (κ3) is 3.01. The molecular formula is C26H24N2O3. The summed E-state index contributed by atoms with van der Waals surface area (Å²) in [5.41, 5.74) is 3.02. The van der Waals surface area contributed by atoms with Crippen LogP contribution in [0, 0.1) is 13.8 Å². The van der Waals surface area contributed by atoms with Crippen LogP contribution in [0.2, 0.25) is 0 Å². The number of fused-ring (bicyclic) bond motifs is 2. The molecule has 4 aromatic rings. The van der Waals surface area contributed by atoms with Crippen LogP contribution in [0.25, 0.3) is 10.9 Å². The second-order valence-corrected chi connectivity index (χ2v) is 8.02. The number of benzene rings is 3. The van der Waals surface area contributed by atoms with Gasteiger partial charge in [0.1, 0.15) is 12.4 Å². The minimum atomic E-state index is -1.75. The Balaban J connectivity index is 1.51. The number of aromatic amines is 1. The number of anilines is 1. The maximum absolute atomic E-state index is 13.7. The van der Waals surface area contributed by atoms with Gasteiger partial charge in [0.15, 0.2) is 5.60 Å². The van der Waals surface area contributed by atoms with E-state index in [-0.39, 0.29) is 5.91 Å². The zero-order valence-corrected chi connectivity index (χ0v) is 17.6. The van der Waals surface area contributed by atoms with Crippen LogP contribution in [-0.4, -0.2) is 29.1 Å². The number of H-pyrrole nitrogens is 1. The number of aliphatic hydroxyl groups is 1. The Morgan fingerprint density at radius 2 is 1.68 bits per heavy atom. The summed E-state index contributed by atoms with van der Waals surface area (Å²) in [5, 5.41) is 12.8. The Morgan fingerprint density at radius 1 is 0.968 bits per heavy atom. The summed E-state index contributed by atoms with van der Waals surface area (Å²) in [7, 11) is 0. The van der Waals surface area contributed by atoms with Crippen LogP contribution in [0.15, 0.2) is 72.8 Å². The van der Waals surface area contributed by atoms with Crippen molar-refractivity contribution in [1.29, 1.82) is 0 Å². The smallest absolute Gasteiger partial charge is 0.268 e. The molecule has 0 spiro atoms. The van der Waals surface area contributed by atoms with E-state index in [1.165, 1.54) is 0 Å². The van der Waals surface area contributed by atoms with E-state index in [1.54, 1.807) is 4.90 Å². The van der Waals surface area contributed by atoms with Gasteiger partial charge in [-0.15, -0.1) is 0 Å². The van der Waals surface area contributed by atoms with Gasteiger partial charge in [-0.1, -0.05) is 54.1 Å². The molecule has 5 heteroatoms. The fraction of sp³-hybridized carbons (Fsp3) is 0.192. The Morgan fingerprint density at radius 3 is 2.48 bits per heavy atom. The minimum absolute atomic E-state index is 0.325. The zero-order chi connectivity index (χ0) is 21.6. The van der Waals surface area contributed by atoms with Crippen LogP contribution < -0.4 is 9.64 Å². The number of ether oxygens (including phenoxy) is 1. The molecule has 0 saturated heterocycles. The molecule has 3 aromatic carbocycles. The van der Waals surface area contributed by atoms with E-state index in [0.29, 0.717) is 30.0 Å². The van der Waals surface area contributed by atoms with Crippen molar-refractivity contribution in [3.63, 3.8) is 0 Å². The minimum Gasteiger partial charge on any atom is -0.492 e. The molecule has 2 heterocycles. The molecule has 0 saturated carbocycles. The van der Waals surface area contributed by atoms with Gasteiger partial charge >= 0.3 is 0 Å². The molecule has 0 radical (unpaired) electrons. The molecule has 0 fully saturated rings. The van der Waals surface area contributed by atoms with E-state index in [4.69, 9.17) is 4.74 Å². The number of hydrogen-bond donors (Lipinski definition) is 2. The fourth-order valence-corrected chi connectivity index (χ4v) is 4.53. The number of aryl methyl sites for hydroxylation is 2. The molecule has 5 rings (SSSR count). The summed E-state index contributed by atoms with van der Waals surface area (Å²) in [6.07, 6.45) is 0. The van der Waals surface area contributed by atoms with Crippen LogP contribution in [0.4, 0.5) is 5.69 Å². The lowest BCUT2D eigenvalue weighted by atomic mass is 9.85. The average molecular weight is 412 g/mol. The van der Waals surface area contributed by atoms with E-state index >= 15 is 0 Å². The van der Waals surface area contributed by atoms with Gasteiger partial charge < -0.3 is 19.7 Å². The predicted octanol–water partition coefficient (Wildman–Crippen LogP) is 4.45. The van der Waals surface area contributed by atoms with E-state index in [0.717, 1.165) is 27.9 Å². The van der Waals surface area contributed by atoms with Gasteiger partial charge in [-0.3, -0.25) is 4.79 Å². The molecule has 1 aliphatic rings. The Kier molecular flexibility index (Phi) is 4.56. The maximum atomic E-state index is 13.7. The van der Waals surface area contributed by atoms with Gasteiger partial charge in [-0.25, -0.2) is 0 Å². The molecular weight excluding hydrogens is 388 g/mol. The standard InChI is InChI=1S/C26H24N2O3/c1-17-11-13-19(14-12-17)31-16-15-28-23-10-6-4-8-21(23)26(30,25(28)29)24-18(2)27-22-9-5-3-7-20(22)24/h3-14,27,30H,15-16H2,1-2H3/t26-/m0/s1. The second kappa shape index (κ2) is 7.29. The number of carbonyl (C=O) groups is 1. The summed E-state index contributed by atoms with van der Waals surface area (Å²) in [4.78, 5) is 18.6. The normalized spacial score (nSPS) is 17.9. The quantitative estimate of drug-likeness (QED) is 0.509. The number of carbonyl (C=O) groups excluding carboxylic acids is 1. The first kappa shape index (κ1) is 19.4. The molecule has 1 aromatic heterocycles. The van der Waals surface area contributed by atoms with Crippen LogP contribution >= 0.6 is 0 Å². The number of rotatable bonds is 5. The molecule has 156 valence electrons. The van der Waals surface area contributed by atoms with Crippen molar-refractivity contribution < 1.29 is 14.6 Å². The van der Waals surface area contributed by atoms with E-state index in [1.807, 2.05) is 86.6 Å². The highest BCUT2D eigenvalue weighted by Crippen LogP contribution is 2.47. The summed E-state index contributed by atoms with van der Waals surface area (Å²) in [5.74, 6) is 0.405. The highest BCUT2D eigenvalue weighted by molar-refractivity contribution is 6.11. The average Bonchev–Trinajstić information content (AvgIpc) is 3.22. The Labute approximate surface area is 180 Å². The van der Waals surface area contributed by atoms with Gasteiger partial charge in [0.05, 0.1) is 12.2 Å². The largest absolute Gasteiger partial charge is 0.492 e. The van der Waals surface area contributed by atoms with E-state index in [9.17, 15) is 9.90 Å². The van der Waals surface area contributed by atoms with Gasteiger partial charge in [0.25, 0.3) is 5.91 Å². The highest BCUT2D eigenvalue weighted by Gasteiger charge is 2.52. The Hall–Kier alpha value is -3.57. The summed E-state index contributed by atoms with van der Waals surface area (Å²) >= 11 is 0. The van der Waals surface area contributed by atoms with Gasteiger partial charge in [0, 0.05) is 27.7 Å². The molecule has 0 bridgehead atoms. The molecule has 31 heavy (non-hydrogen) atoms. The number of para-hydroxylation sites is 2. The first-order chi connectivity index (χ1) is 15.0. The van der Waals surface area contributed by atoms with Crippen molar-refractivity contribution in [3.8, 4) is 5.75 Å². The van der Waals surface area contributed by atoms with Crippen molar-refractivity contribution in [3.05, 3.63) is 95.2 Å². The first-order valence-electron chi connectivity index (χ1n) is 10.4. The van der Waals surface area contributed by atoms with Crippen LogP contribution in [0.3, 0.4) is 0 Å². The topological polar surface area (TPSA) is 65.6 Å². The van der Waals surface area contributed by atoms with Crippen molar-refractivity contribution in [2.24, 2.45) is 0 Å². The van der Waals surface area contributed by atoms with Crippen molar-refractivity contribution in [1.82, 2.24) is 4.98 Å². The summed E-state index contributed by atoms with van der Waals surface area (Å²) in [6, 6.07) is 23.0. The van der Waals surface area contributed by atoms with Crippen molar-refractivity contribution in [2.75, 3.05) is 18.1 Å². The SMILES string of the molecule is Cc1ccc(OCCN2C(=O)[C@@](O)(c3c(C)[nH]c4ccccc34)c3ccccc32)cc1. The third-order valence-corrected chi connectivity index (χ3v) is 6.00. The molecule has 1 atom stereocenters. The maximum Gasteiger partial charge on any atom is 0.268 e. The number of hydrogen-bond acceptors (Lipinski definition) is 3. The lowest BCUT2D eigenvalue weighted by Gasteiger charge is -2.24. The highest BCUT2D eigenvalue weighted by atomic mass is 16.5. The molecule has 5 nitrogen and oxygen atoms in total. The molecule has 1 aliphatic heterocycles. The number of nitrogens with zero attached hydrogens (tertiary/aromatic N) is 1. The zero-order valence-electron chi connectivity index (χ0n) is 17.6.